The smallest absolute Gasteiger partial charge is 0.277 e. The van der Waals surface area contributed by atoms with E-state index in [0.717, 1.165) is 45.8 Å². The summed E-state index contributed by atoms with van der Waals surface area (Å²) in [4.78, 5) is 23.5. The first-order valence-electron chi connectivity index (χ1n) is 11.4. The molecule has 8 nitrogen and oxygen atoms in total. The van der Waals surface area contributed by atoms with Crippen LogP contribution in [0.15, 0.2) is 34.9 Å². The molecule has 0 bridgehead atoms. The van der Waals surface area contributed by atoms with Crippen LogP contribution in [-0.4, -0.2) is 89.2 Å². The summed E-state index contributed by atoms with van der Waals surface area (Å²) in [7, 11) is 0. The number of aromatic nitrogens is 1. The van der Waals surface area contributed by atoms with Crippen molar-refractivity contribution < 1.29 is 18.7 Å². The van der Waals surface area contributed by atoms with E-state index in [1.54, 1.807) is 6.07 Å². The van der Waals surface area contributed by atoms with E-state index in [1.165, 1.54) is 43.7 Å². The molecule has 0 saturated carbocycles. The molecule has 2 aliphatic rings. The number of nitrogens with zero attached hydrogens (tertiary/aromatic N) is 4. The minimum Gasteiger partial charge on any atom is -0.447 e. The van der Waals surface area contributed by atoms with Gasteiger partial charge in [0.2, 0.25) is 5.89 Å². The molecule has 2 fully saturated rings. The lowest BCUT2D eigenvalue weighted by Gasteiger charge is -2.36. The standard InChI is InChI=1S/C23H32FN5O3/c24-18-5-4-6-19(13-18)25-23(31)21-17-32-22(26-21)16-29-11-9-28(10-12-29)15-20(30)14-27-7-2-1-3-8-27/h4-6,13,17,20,30H,1-3,7-12,14-16H2,(H,25,31). The number of aliphatic hydroxyl groups is 1. The minimum absolute atomic E-state index is 0.170. The number of rotatable bonds is 8. The largest absolute Gasteiger partial charge is 0.447 e. The Morgan fingerprint density at radius 1 is 1.06 bits per heavy atom. The van der Waals surface area contributed by atoms with Crippen molar-refractivity contribution >= 4 is 11.6 Å². The number of amides is 1. The number of piperazine rings is 1. The van der Waals surface area contributed by atoms with Gasteiger partial charge in [-0.1, -0.05) is 12.5 Å². The number of hydrogen-bond donors (Lipinski definition) is 2. The summed E-state index contributed by atoms with van der Waals surface area (Å²) < 4.78 is 18.8. The third kappa shape index (κ3) is 6.59. The predicted octanol–water partition coefficient (Wildman–Crippen LogP) is 2.03. The van der Waals surface area contributed by atoms with Crippen LogP contribution in [0.4, 0.5) is 10.1 Å². The number of aliphatic hydroxyl groups excluding tert-OH is 1. The third-order valence-electron chi connectivity index (χ3n) is 6.08. The Kier molecular flexibility index (Phi) is 7.85. The fraction of sp³-hybridized carbons (Fsp3) is 0.565. The Labute approximate surface area is 188 Å². The van der Waals surface area contributed by atoms with Crippen molar-refractivity contribution in [3.05, 3.63) is 47.9 Å². The molecule has 1 aromatic carbocycles. The number of piperidine rings is 1. The van der Waals surface area contributed by atoms with Gasteiger partial charge in [-0.3, -0.25) is 14.6 Å². The highest BCUT2D eigenvalue weighted by Gasteiger charge is 2.23. The fourth-order valence-electron chi connectivity index (χ4n) is 4.37. The summed E-state index contributed by atoms with van der Waals surface area (Å²) in [5.41, 5.74) is 0.543. The molecule has 0 spiro atoms. The molecule has 0 radical (unpaired) electrons. The van der Waals surface area contributed by atoms with Crippen molar-refractivity contribution in [2.24, 2.45) is 0 Å². The van der Waals surface area contributed by atoms with E-state index in [-0.39, 0.29) is 11.8 Å². The van der Waals surface area contributed by atoms with Crippen LogP contribution >= 0.6 is 0 Å². The van der Waals surface area contributed by atoms with E-state index in [0.29, 0.717) is 24.7 Å². The summed E-state index contributed by atoms with van der Waals surface area (Å²) >= 11 is 0. The summed E-state index contributed by atoms with van der Waals surface area (Å²) in [5, 5.41) is 13.1. The highest BCUT2D eigenvalue weighted by molar-refractivity contribution is 6.02. The molecule has 0 aliphatic carbocycles. The normalized spacial score (nSPS) is 19.7. The third-order valence-corrected chi connectivity index (χ3v) is 6.08. The van der Waals surface area contributed by atoms with Gasteiger partial charge < -0.3 is 19.7 Å². The topological polar surface area (TPSA) is 85.1 Å². The minimum atomic E-state index is -0.432. The highest BCUT2D eigenvalue weighted by Crippen LogP contribution is 2.14. The average Bonchev–Trinajstić information content (AvgIpc) is 3.24. The van der Waals surface area contributed by atoms with Crippen LogP contribution in [0.2, 0.25) is 0 Å². The van der Waals surface area contributed by atoms with Gasteiger partial charge in [0.25, 0.3) is 5.91 Å². The molecular weight excluding hydrogens is 413 g/mol. The molecule has 2 aliphatic heterocycles. The lowest BCUT2D eigenvalue weighted by molar-refractivity contribution is 0.0434. The second-order valence-electron chi connectivity index (χ2n) is 8.68. The Morgan fingerprint density at radius 3 is 2.47 bits per heavy atom. The zero-order valence-electron chi connectivity index (χ0n) is 18.4. The molecule has 1 amide bonds. The number of halogens is 1. The second-order valence-corrected chi connectivity index (χ2v) is 8.68. The number of anilines is 1. The Bertz CT molecular complexity index is 878. The van der Waals surface area contributed by atoms with Crippen molar-refractivity contribution in [2.75, 3.05) is 57.7 Å². The van der Waals surface area contributed by atoms with Gasteiger partial charge in [0, 0.05) is 45.0 Å². The van der Waals surface area contributed by atoms with Gasteiger partial charge >= 0.3 is 0 Å². The Balaban J connectivity index is 1.19. The number of carbonyl (C=O) groups is 1. The molecule has 1 atom stereocenters. The summed E-state index contributed by atoms with van der Waals surface area (Å²) in [6, 6.07) is 5.72. The van der Waals surface area contributed by atoms with E-state index in [9.17, 15) is 14.3 Å². The molecule has 2 saturated heterocycles. The molecular formula is C23H32FN5O3. The first-order valence-corrected chi connectivity index (χ1v) is 11.4. The van der Waals surface area contributed by atoms with E-state index >= 15 is 0 Å². The molecule has 3 heterocycles. The van der Waals surface area contributed by atoms with Gasteiger partial charge in [0.15, 0.2) is 5.69 Å². The van der Waals surface area contributed by atoms with Gasteiger partial charge in [0.1, 0.15) is 12.1 Å². The summed E-state index contributed by atoms with van der Waals surface area (Å²) in [5.74, 6) is -0.368. The van der Waals surface area contributed by atoms with Crippen LogP contribution in [-0.2, 0) is 6.54 Å². The van der Waals surface area contributed by atoms with Gasteiger partial charge in [0.05, 0.1) is 12.6 Å². The Morgan fingerprint density at radius 2 is 1.75 bits per heavy atom. The maximum Gasteiger partial charge on any atom is 0.277 e. The predicted molar refractivity (Wildman–Crippen MR) is 119 cm³/mol. The lowest BCUT2D eigenvalue weighted by atomic mass is 10.1. The first-order chi connectivity index (χ1) is 15.5. The van der Waals surface area contributed by atoms with E-state index in [4.69, 9.17) is 4.42 Å². The van der Waals surface area contributed by atoms with Gasteiger partial charge in [-0.25, -0.2) is 9.37 Å². The molecule has 2 aromatic rings. The van der Waals surface area contributed by atoms with Crippen molar-refractivity contribution in [1.82, 2.24) is 19.7 Å². The van der Waals surface area contributed by atoms with Gasteiger partial charge in [-0.2, -0.15) is 0 Å². The van der Waals surface area contributed by atoms with Crippen molar-refractivity contribution in [2.45, 2.75) is 31.9 Å². The molecule has 2 N–H and O–H groups in total. The van der Waals surface area contributed by atoms with Gasteiger partial charge in [-0.05, 0) is 44.1 Å². The number of carbonyl (C=O) groups excluding carboxylic acids is 1. The highest BCUT2D eigenvalue weighted by atomic mass is 19.1. The maximum atomic E-state index is 13.3. The molecule has 9 heteroatoms. The van der Waals surface area contributed by atoms with Crippen LogP contribution in [0.25, 0.3) is 0 Å². The van der Waals surface area contributed by atoms with Crippen molar-refractivity contribution in [1.29, 1.82) is 0 Å². The monoisotopic (exact) mass is 445 g/mol. The van der Waals surface area contributed by atoms with Crippen molar-refractivity contribution in [3.63, 3.8) is 0 Å². The van der Waals surface area contributed by atoms with Crippen molar-refractivity contribution in [3.8, 4) is 0 Å². The number of β-amino-alcohol motifs (C(OH)–C–C–N with tert-alkyl or cyclic N) is 1. The van der Waals surface area contributed by atoms with E-state index < -0.39 is 11.7 Å². The number of hydrogen-bond acceptors (Lipinski definition) is 7. The molecule has 1 aromatic heterocycles. The second kappa shape index (κ2) is 11.0. The first kappa shape index (κ1) is 22.8. The summed E-state index contributed by atoms with van der Waals surface area (Å²) in [6.07, 6.45) is 4.79. The van der Waals surface area contributed by atoms with Crippen LogP contribution in [0.3, 0.4) is 0 Å². The van der Waals surface area contributed by atoms with Crippen LogP contribution in [0, 0.1) is 5.82 Å². The molecule has 174 valence electrons. The quantitative estimate of drug-likeness (QED) is 0.643. The average molecular weight is 446 g/mol. The van der Waals surface area contributed by atoms with Gasteiger partial charge in [-0.15, -0.1) is 0 Å². The molecule has 4 rings (SSSR count). The fourth-order valence-corrected chi connectivity index (χ4v) is 4.37. The molecule has 32 heavy (non-hydrogen) atoms. The Hall–Kier alpha value is -2.33. The lowest BCUT2D eigenvalue weighted by Crippen LogP contribution is -2.50. The number of likely N-dealkylation sites (tertiary alicyclic amines) is 1. The SMILES string of the molecule is O=C(Nc1cccc(F)c1)c1coc(CN2CCN(CC(O)CN3CCCCC3)CC2)n1. The number of benzene rings is 1. The van der Waals surface area contributed by atoms with Crippen LogP contribution in [0.1, 0.15) is 35.6 Å². The zero-order valence-corrected chi connectivity index (χ0v) is 18.4. The molecule has 1 unspecified atom stereocenters. The van der Waals surface area contributed by atoms with Crippen LogP contribution < -0.4 is 5.32 Å². The van der Waals surface area contributed by atoms with E-state index in [1.807, 2.05) is 0 Å². The maximum absolute atomic E-state index is 13.3. The van der Waals surface area contributed by atoms with E-state index in [2.05, 4.69) is 25.0 Å². The van der Waals surface area contributed by atoms with Crippen LogP contribution in [0.5, 0.6) is 0 Å². The summed E-state index contributed by atoms with van der Waals surface area (Å²) in [6.45, 7) is 7.65. The zero-order chi connectivity index (χ0) is 22.3. The number of oxazole rings is 1. The number of nitrogens with one attached hydrogen (secondary N) is 1.